The lowest BCUT2D eigenvalue weighted by atomic mass is 10.2. The van der Waals surface area contributed by atoms with Gasteiger partial charge in [0.15, 0.2) is 0 Å². The molecule has 1 fully saturated rings. The van der Waals surface area contributed by atoms with Gasteiger partial charge in [-0.3, -0.25) is 0 Å². The van der Waals surface area contributed by atoms with Gasteiger partial charge in [0.25, 0.3) is 0 Å². The smallest absolute Gasteiger partial charge is 0.0679 e. The highest BCUT2D eigenvalue weighted by atomic mass is 16.3. The Morgan fingerprint density at radius 3 is 2.82 bits per heavy atom. The first kappa shape index (κ1) is 9.01. The van der Waals surface area contributed by atoms with Crippen molar-refractivity contribution in [3.8, 4) is 0 Å². The Hall–Kier alpha value is -0.0800. The van der Waals surface area contributed by atoms with E-state index in [1.54, 1.807) is 0 Å². The molecule has 0 aromatic rings. The maximum absolute atomic E-state index is 9.21. The highest BCUT2D eigenvalue weighted by Crippen LogP contribution is 2.09. The molecular weight excluding hydrogens is 138 g/mol. The van der Waals surface area contributed by atoms with Crippen molar-refractivity contribution in [3.63, 3.8) is 0 Å². The molecule has 1 rings (SSSR count). The van der Waals surface area contributed by atoms with E-state index in [9.17, 15) is 5.11 Å². The lowest BCUT2D eigenvalue weighted by molar-refractivity contribution is 0.176. The van der Waals surface area contributed by atoms with E-state index < -0.39 is 0 Å². The van der Waals surface area contributed by atoms with Crippen LogP contribution in [0.3, 0.4) is 0 Å². The van der Waals surface area contributed by atoms with Crippen LogP contribution in [0.4, 0.5) is 0 Å². The van der Waals surface area contributed by atoms with Crippen molar-refractivity contribution in [1.29, 1.82) is 0 Å². The van der Waals surface area contributed by atoms with Crippen molar-refractivity contribution in [2.75, 3.05) is 19.6 Å². The van der Waals surface area contributed by atoms with Crippen LogP contribution in [0.25, 0.3) is 0 Å². The highest BCUT2D eigenvalue weighted by Gasteiger charge is 2.18. The largest absolute Gasteiger partial charge is 0.392 e. The number of hydrogen-bond donors (Lipinski definition) is 1. The van der Waals surface area contributed by atoms with Gasteiger partial charge in [-0.1, -0.05) is 19.8 Å². The molecule has 1 unspecified atom stereocenters. The minimum atomic E-state index is -0.0448. The van der Waals surface area contributed by atoms with Gasteiger partial charge in [-0.25, -0.2) is 0 Å². The molecule has 1 atom stereocenters. The van der Waals surface area contributed by atoms with Gasteiger partial charge in [0.1, 0.15) is 0 Å². The van der Waals surface area contributed by atoms with E-state index in [1.165, 1.54) is 25.8 Å². The van der Waals surface area contributed by atoms with Gasteiger partial charge in [0.05, 0.1) is 6.10 Å². The van der Waals surface area contributed by atoms with Gasteiger partial charge >= 0.3 is 0 Å². The molecule has 0 aromatic carbocycles. The average Bonchev–Trinajstić information content (AvgIpc) is 2.37. The zero-order valence-electron chi connectivity index (χ0n) is 7.42. The standard InChI is InChI=1S/C9H19NO/c1-2-3-4-6-10-7-5-9(11)8-10/h9,11H,2-8H2,1H3. The maximum Gasteiger partial charge on any atom is 0.0679 e. The number of hydrogen-bond acceptors (Lipinski definition) is 2. The lowest BCUT2D eigenvalue weighted by Gasteiger charge is -2.13. The summed E-state index contributed by atoms with van der Waals surface area (Å²) in [4.78, 5) is 2.36. The van der Waals surface area contributed by atoms with Crippen LogP contribution in [0, 0.1) is 0 Å². The zero-order chi connectivity index (χ0) is 8.10. The number of β-amino-alcohol motifs (C(OH)–C–C–N with tert-alkyl or cyclic N) is 1. The van der Waals surface area contributed by atoms with E-state index in [1.807, 2.05) is 0 Å². The molecule has 0 aromatic heterocycles. The van der Waals surface area contributed by atoms with Crippen LogP contribution in [0.1, 0.15) is 32.6 Å². The minimum absolute atomic E-state index is 0.0448. The molecular formula is C9H19NO. The van der Waals surface area contributed by atoms with E-state index >= 15 is 0 Å². The first-order chi connectivity index (χ1) is 5.33. The zero-order valence-corrected chi connectivity index (χ0v) is 7.42. The van der Waals surface area contributed by atoms with Gasteiger partial charge in [-0.05, 0) is 19.4 Å². The van der Waals surface area contributed by atoms with Gasteiger partial charge < -0.3 is 10.0 Å². The molecule has 1 aliphatic rings. The molecule has 1 saturated heterocycles. The van der Waals surface area contributed by atoms with Gasteiger partial charge in [-0.15, -0.1) is 0 Å². The normalized spacial score (nSPS) is 26.2. The Morgan fingerprint density at radius 1 is 1.45 bits per heavy atom. The van der Waals surface area contributed by atoms with E-state index in [-0.39, 0.29) is 6.10 Å². The molecule has 1 N–H and O–H groups in total. The Morgan fingerprint density at radius 2 is 2.27 bits per heavy atom. The van der Waals surface area contributed by atoms with Crippen molar-refractivity contribution in [2.24, 2.45) is 0 Å². The molecule has 1 aliphatic heterocycles. The Kier molecular flexibility index (Phi) is 3.87. The molecule has 0 bridgehead atoms. The van der Waals surface area contributed by atoms with Crippen LogP contribution in [-0.4, -0.2) is 35.7 Å². The molecule has 11 heavy (non-hydrogen) atoms. The number of rotatable bonds is 4. The molecule has 0 saturated carbocycles. The predicted octanol–water partition coefficient (Wildman–Crippen LogP) is 1.24. The van der Waals surface area contributed by atoms with E-state index in [2.05, 4.69) is 11.8 Å². The Bertz CT molecular complexity index is 106. The van der Waals surface area contributed by atoms with Crippen LogP contribution < -0.4 is 0 Å². The highest BCUT2D eigenvalue weighted by molar-refractivity contribution is 4.73. The number of unbranched alkanes of at least 4 members (excludes halogenated alkanes) is 2. The molecule has 2 heteroatoms. The summed E-state index contributed by atoms with van der Waals surface area (Å²) >= 11 is 0. The Balaban J connectivity index is 1.99. The molecule has 0 amide bonds. The molecule has 0 spiro atoms. The van der Waals surface area contributed by atoms with Gasteiger partial charge in [0.2, 0.25) is 0 Å². The summed E-state index contributed by atoms with van der Waals surface area (Å²) in [6.07, 6.45) is 4.84. The summed E-state index contributed by atoms with van der Waals surface area (Å²) in [7, 11) is 0. The van der Waals surface area contributed by atoms with Crippen LogP contribution in [-0.2, 0) is 0 Å². The van der Waals surface area contributed by atoms with Crippen LogP contribution in [0.15, 0.2) is 0 Å². The van der Waals surface area contributed by atoms with E-state index in [0.29, 0.717) is 0 Å². The SMILES string of the molecule is CCCCCN1CCC(O)C1. The van der Waals surface area contributed by atoms with Crippen LogP contribution >= 0.6 is 0 Å². The third-order valence-electron chi connectivity index (χ3n) is 2.33. The molecule has 0 aliphatic carbocycles. The monoisotopic (exact) mass is 157 g/mol. The number of nitrogens with zero attached hydrogens (tertiary/aromatic N) is 1. The molecule has 0 radical (unpaired) electrons. The summed E-state index contributed by atoms with van der Waals surface area (Å²) in [6, 6.07) is 0. The third-order valence-corrected chi connectivity index (χ3v) is 2.33. The molecule has 66 valence electrons. The van der Waals surface area contributed by atoms with E-state index in [0.717, 1.165) is 19.5 Å². The van der Waals surface area contributed by atoms with Crippen molar-refractivity contribution in [1.82, 2.24) is 4.90 Å². The second-order valence-corrected chi connectivity index (χ2v) is 3.45. The second kappa shape index (κ2) is 4.73. The fraction of sp³-hybridized carbons (Fsp3) is 1.00. The summed E-state index contributed by atoms with van der Waals surface area (Å²) in [6.45, 7) is 5.42. The van der Waals surface area contributed by atoms with Crippen molar-refractivity contribution < 1.29 is 5.11 Å². The average molecular weight is 157 g/mol. The van der Waals surface area contributed by atoms with Crippen molar-refractivity contribution in [3.05, 3.63) is 0 Å². The van der Waals surface area contributed by atoms with Crippen molar-refractivity contribution >= 4 is 0 Å². The lowest BCUT2D eigenvalue weighted by Crippen LogP contribution is -2.23. The van der Waals surface area contributed by atoms with Crippen LogP contribution in [0.5, 0.6) is 0 Å². The third kappa shape index (κ3) is 3.21. The molecule has 2 nitrogen and oxygen atoms in total. The number of likely N-dealkylation sites (tertiary alicyclic amines) is 1. The fourth-order valence-corrected chi connectivity index (χ4v) is 1.60. The summed E-state index contributed by atoms with van der Waals surface area (Å²) in [5.41, 5.74) is 0. The summed E-state index contributed by atoms with van der Waals surface area (Å²) in [5.74, 6) is 0. The van der Waals surface area contributed by atoms with E-state index in [4.69, 9.17) is 0 Å². The molecule has 1 heterocycles. The topological polar surface area (TPSA) is 23.5 Å². The second-order valence-electron chi connectivity index (χ2n) is 3.45. The summed E-state index contributed by atoms with van der Waals surface area (Å²) in [5, 5.41) is 9.21. The number of aliphatic hydroxyl groups excluding tert-OH is 1. The quantitative estimate of drug-likeness (QED) is 0.621. The van der Waals surface area contributed by atoms with Crippen molar-refractivity contribution in [2.45, 2.75) is 38.7 Å². The minimum Gasteiger partial charge on any atom is -0.392 e. The summed E-state index contributed by atoms with van der Waals surface area (Å²) < 4.78 is 0. The van der Waals surface area contributed by atoms with Crippen LogP contribution in [0.2, 0.25) is 0 Å². The predicted molar refractivity (Wildman–Crippen MR) is 46.6 cm³/mol. The fourth-order valence-electron chi connectivity index (χ4n) is 1.60. The van der Waals surface area contributed by atoms with Gasteiger partial charge in [-0.2, -0.15) is 0 Å². The van der Waals surface area contributed by atoms with Gasteiger partial charge in [0, 0.05) is 13.1 Å². The first-order valence-corrected chi connectivity index (χ1v) is 4.73. The first-order valence-electron chi connectivity index (χ1n) is 4.73. The Labute approximate surface area is 69.2 Å². The number of aliphatic hydroxyl groups is 1. The maximum atomic E-state index is 9.21.